The molecule has 29 heavy (non-hydrogen) atoms. The Morgan fingerprint density at radius 1 is 1.07 bits per heavy atom. The molecule has 1 amide bonds. The lowest BCUT2D eigenvalue weighted by atomic mass is 10.1. The van der Waals surface area contributed by atoms with Crippen LogP contribution in [0.2, 0.25) is 5.02 Å². The maximum atomic E-state index is 12.0. The number of fused-ring (bicyclic) bond motifs is 1. The Balaban J connectivity index is 1.55. The van der Waals surface area contributed by atoms with E-state index in [0.29, 0.717) is 54.3 Å². The van der Waals surface area contributed by atoms with Crippen LogP contribution in [0.25, 0.3) is 0 Å². The standard InChI is InChI=1S/C21H25ClN4O3/c1-23-21(24-12-14-4-6-16(7-5-14)20(27)26(2)3)25-13-15-10-17(22)19-18(11-15)28-8-9-29-19/h4-7,10-11H,8-9,12-13H2,1-3H3,(H2,23,24,25). The van der Waals surface area contributed by atoms with Crippen LogP contribution in [0.15, 0.2) is 41.4 Å². The van der Waals surface area contributed by atoms with Crippen molar-refractivity contribution in [2.75, 3.05) is 34.4 Å². The Bertz CT molecular complexity index is 898. The van der Waals surface area contributed by atoms with Gasteiger partial charge in [0.05, 0.1) is 5.02 Å². The molecule has 0 unspecified atom stereocenters. The molecule has 0 saturated carbocycles. The van der Waals surface area contributed by atoms with Gasteiger partial charge in [-0.2, -0.15) is 0 Å². The predicted molar refractivity (Wildman–Crippen MR) is 114 cm³/mol. The van der Waals surface area contributed by atoms with Gasteiger partial charge in [0.1, 0.15) is 13.2 Å². The van der Waals surface area contributed by atoms with Gasteiger partial charge >= 0.3 is 0 Å². The third-order valence-electron chi connectivity index (χ3n) is 4.41. The second kappa shape index (κ2) is 9.52. The number of guanidine groups is 1. The van der Waals surface area contributed by atoms with E-state index in [2.05, 4.69) is 15.6 Å². The summed E-state index contributed by atoms with van der Waals surface area (Å²) in [6.45, 7) is 2.14. The van der Waals surface area contributed by atoms with Crippen molar-refractivity contribution >= 4 is 23.5 Å². The lowest BCUT2D eigenvalue weighted by molar-refractivity contribution is 0.0827. The Morgan fingerprint density at radius 2 is 1.72 bits per heavy atom. The van der Waals surface area contributed by atoms with E-state index in [-0.39, 0.29) is 5.91 Å². The van der Waals surface area contributed by atoms with Gasteiger partial charge in [0.15, 0.2) is 17.5 Å². The number of nitrogens with zero attached hydrogens (tertiary/aromatic N) is 2. The molecule has 3 rings (SSSR count). The molecule has 8 heteroatoms. The van der Waals surface area contributed by atoms with Gasteiger partial charge in [-0.1, -0.05) is 23.7 Å². The summed E-state index contributed by atoms with van der Waals surface area (Å²) in [7, 11) is 5.19. The summed E-state index contributed by atoms with van der Waals surface area (Å²) in [6.07, 6.45) is 0. The summed E-state index contributed by atoms with van der Waals surface area (Å²) in [6, 6.07) is 11.3. The number of hydrogen-bond donors (Lipinski definition) is 2. The van der Waals surface area contributed by atoms with Crippen LogP contribution >= 0.6 is 11.6 Å². The fourth-order valence-electron chi connectivity index (χ4n) is 2.88. The molecule has 0 aromatic heterocycles. The Hall–Kier alpha value is -2.93. The van der Waals surface area contributed by atoms with Crippen molar-refractivity contribution in [3.8, 4) is 11.5 Å². The molecule has 0 atom stereocenters. The van der Waals surface area contributed by atoms with E-state index < -0.39 is 0 Å². The molecule has 7 nitrogen and oxygen atoms in total. The number of amides is 1. The number of carbonyl (C=O) groups excluding carboxylic acids is 1. The fourth-order valence-corrected chi connectivity index (χ4v) is 3.17. The summed E-state index contributed by atoms with van der Waals surface area (Å²) in [5.41, 5.74) is 2.68. The first-order valence-corrected chi connectivity index (χ1v) is 9.69. The molecule has 0 radical (unpaired) electrons. The summed E-state index contributed by atoms with van der Waals surface area (Å²) in [5.74, 6) is 1.90. The molecule has 0 aliphatic carbocycles. The zero-order chi connectivity index (χ0) is 20.8. The molecule has 2 N–H and O–H groups in total. The van der Waals surface area contributed by atoms with Crippen molar-refractivity contribution in [2.24, 2.45) is 4.99 Å². The molecule has 0 saturated heterocycles. The number of ether oxygens (including phenoxy) is 2. The van der Waals surface area contributed by atoms with Crippen molar-refractivity contribution in [1.82, 2.24) is 15.5 Å². The summed E-state index contributed by atoms with van der Waals surface area (Å²) in [5, 5.41) is 7.05. The van der Waals surface area contributed by atoms with Gasteiger partial charge in [-0.05, 0) is 35.4 Å². The second-order valence-electron chi connectivity index (χ2n) is 6.78. The monoisotopic (exact) mass is 416 g/mol. The van der Waals surface area contributed by atoms with E-state index in [1.165, 1.54) is 0 Å². The lowest BCUT2D eigenvalue weighted by Crippen LogP contribution is -2.36. The zero-order valence-electron chi connectivity index (χ0n) is 16.8. The van der Waals surface area contributed by atoms with E-state index in [1.54, 1.807) is 26.0 Å². The highest BCUT2D eigenvalue weighted by Crippen LogP contribution is 2.38. The van der Waals surface area contributed by atoms with Crippen LogP contribution in [0.4, 0.5) is 0 Å². The number of nitrogens with one attached hydrogen (secondary N) is 2. The first-order chi connectivity index (χ1) is 14.0. The van der Waals surface area contributed by atoms with E-state index in [1.807, 2.05) is 36.4 Å². The minimum atomic E-state index is -0.0138. The first-order valence-electron chi connectivity index (χ1n) is 9.31. The Morgan fingerprint density at radius 3 is 2.38 bits per heavy atom. The highest BCUT2D eigenvalue weighted by atomic mass is 35.5. The number of hydrogen-bond acceptors (Lipinski definition) is 4. The molecule has 2 aromatic carbocycles. The molecule has 0 fully saturated rings. The van der Waals surface area contributed by atoms with Crippen LogP contribution in [0.1, 0.15) is 21.5 Å². The SMILES string of the molecule is CN=C(NCc1ccc(C(=O)N(C)C)cc1)NCc1cc(Cl)c2c(c1)OCCO2. The van der Waals surface area contributed by atoms with Crippen molar-refractivity contribution in [3.63, 3.8) is 0 Å². The smallest absolute Gasteiger partial charge is 0.253 e. The van der Waals surface area contributed by atoms with Crippen molar-refractivity contribution in [2.45, 2.75) is 13.1 Å². The quantitative estimate of drug-likeness (QED) is 0.579. The molecular weight excluding hydrogens is 392 g/mol. The van der Waals surface area contributed by atoms with Crippen LogP contribution < -0.4 is 20.1 Å². The molecule has 0 bridgehead atoms. The predicted octanol–water partition coefficient (Wildman–Crippen LogP) is 2.68. The maximum Gasteiger partial charge on any atom is 0.253 e. The van der Waals surface area contributed by atoms with Gasteiger partial charge in [-0.15, -0.1) is 0 Å². The highest BCUT2D eigenvalue weighted by molar-refractivity contribution is 6.32. The molecule has 154 valence electrons. The Kier molecular flexibility index (Phi) is 6.82. The second-order valence-corrected chi connectivity index (χ2v) is 7.18. The number of benzene rings is 2. The van der Waals surface area contributed by atoms with Gasteiger partial charge in [-0.3, -0.25) is 9.79 Å². The molecule has 0 spiro atoms. The number of carbonyl (C=O) groups is 1. The van der Waals surface area contributed by atoms with Gasteiger partial charge in [0.25, 0.3) is 5.91 Å². The van der Waals surface area contributed by atoms with Gasteiger partial charge in [0.2, 0.25) is 0 Å². The number of aliphatic imine (C=N–C) groups is 1. The Labute approximate surface area is 175 Å². The van der Waals surface area contributed by atoms with E-state index in [9.17, 15) is 4.79 Å². The minimum absolute atomic E-state index is 0.0138. The van der Waals surface area contributed by atoms with Crippen molar-refractivity contribution in [3.05, 3.63) is 58.1 Å². The lowest BCUT2D eigenvalue weighted by Gasteiger charge is -2.20. The topological polar surface area (TPSA) is 75.2 Å². The molecule has 2 aromatic rings. The third-order valence-corrected chi connectivity index (χ3v) is 4.69. The van der Waals surface area contributed by atoms with Gasteiger partial charge < -0.3 is 25.0 Å². The van der Waals surface area contributed by atoms with Crippen molar-refractivity contribution in [1.29, 1.82) is 0 Å². The average Bonchev–Trinajstić information content (AvgIpc) is 2.73. The summed E-state index contributed by atoms with van der Waals surface area (Å²) < 4.78 is 11.2. The third kappa shape index (κ3) is 5.32. The summed E-state index contributed by atoms with van der Waals surface area (Å²) >= 11 is 6.29. The molecular formula is C21H25ClN4O3. The highest BCUT2D eigenvalue weighted by Gasteiger charge is 2.16. The van der Waals surface area contributed by atoms with Crippen LogP contribution in [0.3, 0.4) is 0 Å². The van der Waals surface area contributed by atoms with Crippen LogP contribution in [0.5, 0.6) is 11.5 Å². The molecule has 1 aliphatic rings. The van der Waals surface area contributed by atoms with E-state index in [4.69, 9.17) is 21.1 Å². The molecule has 1 aliphatic heterocycles. The zero-order valence-corrected chi connectivity index (χ0v) is 17.5. The number of halogens is 1. The van der Waals surface area contributed by atoms with Crippen LogP contribution in [-0.2, 0) is 13.1 Å². The normalized spacial score (nSPS) is 13.0. The van der Waals surface area contributed by atoms with Crippen molar-refractivity contribution < 1.29 is 14.3 Å². The maximum absolute atomic E-state index is 12.0. The largest absolute Gasteiger partial charge is 0.486 e. The minimum Gasteiger partial charge on any atom is -0.486 e. The van der Waals surface area contributed by atoms with Crippen LogP contribution in [-0.4, -0.2) is 51.1 Å². The molecule has 1 heterocycles. The average molecular weight is 417 g/mol. The number of rotatable bonds is 5. The fraction of sp³-hybridized carbons (Fsp3) is 0.333. The van der Waals surface area contributed by atoms with E-state index in [0.717, 1.165) is 11.1 Å². The van der Waals surface area contributed by atoms with Gasteiger partial charge in [-0.25, -0.2) is 0 Å². The van der Waals surface area contributed by atoms with Crippen LogP contribution in [0, 0.1) is 0 Å². The first kappa shape index (κ1) is 20.8. The summed E-state index contributed by atoms with van der Waals surface area (Å²) in [4.78, 5) is 17.8. The van der Waals surface area contributed by atoms with Gasteiger partial charge in [0, 0.05) is 39.8 Å². The van der Waals surface area contributed by atoms with E-state index >= 15 is 0 Å².